The van der Waals surface area contributed by atoms with Gasteiger partial charge >= 0.3 is 0 Å². The van der Waals surface area contributed by atoms with Crippen molar-refractivity contribution in [2.24, 2.45) is 11.8 Å². The molecule has 2 aromatic rings. The maximum atomic E-state index is 12.0. The Balaban J connectivity index is 2.15. The van der Waals surface area contributed by atoms with E-state index in [0.717, 1.165) is 23.2 Å². The van der Waals surface area contributed by atoms with Crippen LogP contribution in [0.15, 0.2) is 17.2 Å². The second kappa shape index (κ2) is 5.22. The first-order valence-corrected chi connectivity index (χ1v) is 7.53. The molecule has 0 spiro atoms. The molecule has 1 fully saturated rings. The Morgan fingerprint density at radius 1 is 1.29 bits per heavy atom. The average Bonchev–Trinajstić information content (AvgIpc) is 2.74. The molecule has 5 nitrogen and oxygen atoms in total. The Labute approximate surface area is 123 Å². The van der Waals surface area contributed by atoms with Crippen LogP contribution in [-0.2, 0) is 4.74 Å². The average molecular weight is 287 g/mol. The van der Waals surface area contributed by atoms with Gasteiger partial charge in [0, 0.05) is 11.1 Å². The van der Waals surface area contributed by atoms with Gasteiger partial charge < -0.3 is 9.72 Å². The normalized spacial score (nSPS) is 29.1. The molecule has 5 heteroatoms. The van der Waals surface area contributed by atoms with Crippen molar-refractivity contribution in [2.75, 3.05) is 0 Å². The highest BCUT2D eigenvalue weighted by molar-refractivity contribution is 5.80. The molecule has 1 N–H and O–H groups in total. The third-order valence-electron chi connectivity index (χ3n) is 4.69. The summed E-state index contributed by atoms with van der Waals surface area (Å²) in [6.07, 6.45) is 2.63. The number of ether oxygens (including phenoxy) is 1. The molecule has 3 heterocycles. The van der Waals surface area contributed by atoms with Gasteiger partial charge in [0.2, 0.25) is 0 Å². The number of nitrogens with zero attached hydrogens (tertiary/aromatic N) is 2. The van der Waals surface area contributed by atoms with E-state index in [1.165, 1.54) is 6.33 Å². The van der Waals surface area contributed by atoms with Crippen LogP contribution in [0.5, 0.6) is 0 Å². The molecule has 0 saturated carbocycles. The number of hydrogen-bond acceptors (Lipinski definition) is 4. The number of nitrogens with one attached hydrogen (secondary N) is 1. The van der Waals surface area contributed by atoms with Gasteiger partial charge in [0.05, 0.1) is 11.8 Å². The Morgan fingerprint density at radius 2 is 2.05 bits per heavy atom. The van der Waals surface area contributed by atoms with Gasteiger partial charge in [-0.15, -0.1) is 0 Å². The molecular weight excluding hydrogens is 266 g/mol. The number of rotatable bonds is 2. The maximum absolute atomic E-state index is 12.0. The third-order valence-corrected chi connectivity index (χ3v) is 4.69. The van der Waals surface area contributed by atoms with Crippen LogP contribution in [0.2, 0.25) is 0 Å². The van der Waals surface area contributed by atoms with Crippen molar-refractivity contribution in [3.05, 3.63) is 34.1 Å². The van der Waals surface area contributed by atoms with Crippen molar-refractivity contribution in [2.45, 2.75) is 46.3 Å². The number of hydrogen-bond donors (Lipinski definition) is 1. The highest BCUT2D eigenvalue weighted by Gasteiger charge is 2.40. The van der Waals surface area contributed by atoms with E-state index in [1.807, 2.05) is 13.0 Å². The molecule has 3 rings (SSSR count). The van der Waals surface area contributed by atoms with E-state index in [1.54, 1.807) is 0 Å². The molecule has 0 radical (unpaired) electrons. The lowest BCUT2D eigenvalue weighted by Crippen LogP contribution is -2.15. The predicted molar refractivity (Wildman–Crippen MR) is 81.1 cm³/mol. The van der Waals surface area contributed by atoms with Gasteiger partial charge in [0.25, 0.3) is 5.56 Å². The molecular formula is C16H21N3O2. The second-order valence-corrected chi connectivity index (χ2v) is 6.02. The lowest BCUT2D eigenvalue weighted by molar-refractivity contribution is 0.0266. The number of fused-ring (bicyclic) bond motifs is 1. The lowest BCUT2D eigenvalue weighted by atomic mass is 9.87. The fourth-order valence-corrected chi connectivity index (χ4v) is 3.28. The molecule has 0 aromatic carbocycles. The summed E-state index contributed by atoms with van der Waals surface area (Å²) in [7, 11) is 0. The van der Waals surface area contributed by atoms with Gasteiger partial charge in [-0.2, -0.15) is 0 Å². The third kappa shape index (κ3) is 2.25. The zero-order chi connectivity index (χ0) is 15.1. The van der Waals surface area contributed by atoms with E-state index in [4.69, 9.17) is 4.74 Å². The topological polar surface area (TPSA) is 67.9 Å². The van der Waals surface area contributed by atoms with E-state index in [-0.39, 0.29) is 17.8 Å². The SMILES string of the molecule is CC[C@H]1O[C@@H](c2ncnc3c(=O)[nH]c(C)cc23)[C@H](C)[C@@H]1C. The monoisotopic (exact) mass is 287 g/mol. The number of aryl methyl sites for hydroxylation is 1. The number of H-pyrrole nitrogens is 1. The minimum absolute atomic E-state index is 0.0725. The molecule has 0 unspecified atom stereocenters. The van der Waals surface area contributed by atoms with E-state index in [2.05, 4.69) is 35.7 Å². The van der Waals surface area contributed by atoms with Gasteiger partial charge in [-0.1, -0.05) is 20.8 Å². The highest BCUT2D eigenvalue weighted by atomic mass is 16.5. The Kier molecular flexibility index (Phi) is 3.53. The second-order valence-electron chi connectivity index (χ2n) is 6.02. The van der Waals surface area contributed by atoms with Crippen molar-refractivity contribution < 1.29 is 4.74 Å². The van der Waals surface area contributed by atoms with Crippen LogP contribution in [0, 0.1) is 18.8 Å². The summed E-state index contributed by atoms with van der Waals surface area (Å²) in [5, 5.41) is 0.805. The van der Waals surface area contributed by atoms with E-state index in [0.29, 0.717) is 17.4 Å². The first-order valence-electron chi connectivity index (χ1n) is 7.53. The molecule has 4 atom stereocenters. The Morgan fingerprint density at radius 3 is 2.71 bits per heavy atom. The molecule has 112 valence electrons. The van der Waals surface area contributed by atoms with Crippen LogP contribution < -0.4 is 5.56 Å². The van der Waals surface area contributed by atoms with Crippen LogP contribution in [0.1, 0.15) is 44.7 Å². The minimum atomic E-state index is -0.167. The number of aromatic amines is 1. The summed E-state index contributed by atoms with van der Waals surface area (Å²) in [5.74, 6) is 0.848. The smallest absolute Gasteiger partial charge is 0.274 e. The van der Waals surface area contributed by atoms with E-state index >= 15 is 0 Å². The molecule has 1 aliphatic rings. The van der Waals surface area contributed by atoms with Crippen LogP contribution >= 0.6 is 0 Å². The van der Waals surface area contributed by atoms with Crippen LogP contribution in [0.25, 0.3) is 10.9 Å². The van der Waals surface area contributed by atoms with Crippen molar-refractivity contribution in [1.29, 1.82) is 0 Å². The molecule has 1 saturated heterocycles. The van der Waals surface area contributed by atoms with Crippen LogP contribution in [0.3, 0.4) is 0 Å². The van der Waals surface area contributed by atoms with Crippen molar-refractivity contribution >= 4 is 10.9 Å². The summed E-state index contributed by atoms with van der Waals surface area (Å²) in [5.41, 5.74) is 1.92. The van der Waals surface area contributed by atoms with E-state index in [9.17, 15) is 4.79 Å². The zero-order valence-electron chi connectivity index (χ0n) is 12.9. The molecule has 2 aromatic heterocycles. The van der Waals surface area contributed by atoms with E-state index < -0.39 is 0 Å². The molecule has 0 bridgehead atoms. The molecule has 0 aliphatic carbocycles. The highest BCUT2D eigenvalue weighted by Crippen LogP contribution is 2.43. The van der Waals surface area contributed by atoms with Crippen molar-refractivity contribution in [1.82, 2.24) is 15.0 Å². The summed E-state index contributed by atoms with van der Waals surface area (Å²) < 4.78 is 6.21. The number of aromatic nitrogens is 3. The standard InChI is InChI=1S/C16H21N3O2/c1-5-12-9(3)10(4)15(21-12)13-11-6-8(2)19-16(20)14(11)18-7-17-13/h6-7,9-10,12,15H,5H2,1-4H3,(H,19,20)/t9-,10+,12+,15+/m0/s1. The van der Waals surface area contributed by atoms with Gasteiger partial charge in [-0.3, -0.25) is 4.79 Å². The molecule has 1 aliphatic heterocycles. The van der Waals surface area contributed by atoms with Gasteiger partial charge in [0.1, 0.15) is 17.9 Å². The van der Waals surface area contributed by atoms with Gasteiger partial charge in [0.15, 0.2) is 0 Å². The predicted octanol–water partition coefficient (Wildman–Crippen LogP) is 2.75. The minimum Gasteiger partial charge on any atom is -0.368 e. The van der Waals surface area contributed by atoms with Crippen LogP contribution in [0.4, 0.5) is 0 Å². The fourth-order valence-electron chi connectivity index (χ4n) is 3.28. The Hall–Kier alpha value is -1.75. The van der Waals surface area contributed by atoms with Crippen LogP contribution in [-0.4, -0.2) is 21.1 Å². The lowest BCUT2D eigenvalue weighted by Gasteiger charge is -2.17. The summed E-state index contributed by atoms with van der Waals surface area (Å²) in [6.45, 7) is 8.43. The largest absolute Gasteiger partial charge is 0.368 e. The van der Waals surface area contributed by atoms with Gasteiger partial charge in [-0.05, 0) is 31.2 Å². The summed E-state index contributed by atoms with van der Waals surface area (Å²) >= 11 is 0. The summed E-state index contributed by atoms with van der Waals surface area (Å²) in [6, 6.07) is 1.94. The van der Waals surface area contributed by atoms with Crippen molar-refractivity contribution in [3.63, 3.8) is 0 Å². The molecule has 0 amide bonds. The quantitative estimate of drug-likeness (QED) is 0.922. The number of pyridine rings is 1. The summed E-state index contributed by atoms with van der Waals surface area (Å²) in [4.78, 5) is 23.4. The van der Waals surface area contributed by atoms with Crippen molar-refractivity contribution in [3.8, 4) is 0 Å². The first kappa shape index (κ1) is 14.2. The van der Waals surface area contributed by atoms with Gasteiger partial charge in [-0.25, -0.2) is 9.97 Å². The Bertz CT molecular complexity index is 725. The maximum Gasteiger partial charge on any atom is 0.274 e. The zero-order valence-corrected chi connectivity index (χ0v) is 12.9. The fraction of sp³-hybridized carbons (Fsp3) is 0.562. The first-order chi connectivity index (χ1) is 10.0. The molecule has 21 heavy (non-hydrogen) atoms.